The number of sulfonamides is 1. The van der Waals surface area contributed by atoms with Crippen molar-refractivity contribution in [1.82, 2.24) is 14.5 Å². The maximum absolute atomic E-state index is 14.1. The number of carbonyl (C=O) groups is 1. The van der Waals surface area contributed by atoms with Crippen LogP contribution in [-0.2, 0) is 10.0 Å². The van der Waals surface area contributed by atoms with Crippen LogP contribution in [0.3, 0.4) is 0 Å². The molecule has 3 aromatic rings. The highest BCUT2D eigenvalue weighted by molar-refractivity contribution is 7.89. The molecule has 2 heterocycles. The SMILES string of the molecule is COc1ccc(NC(=O)c2nnc(C3CCCN(S(=O)(=O)c4ccc(F)cc4F)C3)s2)cc1. The standard InChI is InChI=1S/C21H20F2N4O4S2/c1-31-16-7-5-15(6-8-16)24-19(28)21-26-25-20(32-21)13-3-2-10-27(12-13)33(29,30)18-9-4-14(22)11-17(18)23/h4-9,11,13H,2-3,10,12H2,1H3,(H,24,28). The van der Waals surface area contributed by atoms with E-state index < -0.39 is 32.5 Å². The van der Waals surface area contributed by atoms with Crippen LogP contribution >= 0.6 is 11.3 Å². The van der Waals surface area contributed by atoms with E-state index in [2.05, 4.69) is 15.5 Å². The van der Waals surface area contributed by atoms with Gasteiger partial charge in [0, 0.05) is 30.8 Å². The molecular weight excluding hydrogens is 474 g/mol. The molecule has 1 unspecified atom stereocenters. The zero-order chi connectivity index (χ0) is 23.6. The second-order valence-electron chi connectivity index (χ2n) is 7.41. The number of hydrogen-bond donors (Lipinski definition) is 1. The molecular formula is C21H20F2N4O4S2. The number of benzene rings is 2. The van der Waals surface area contributed by atoms with Crippen molar-refractivity contribution < 1.29 is 26.7 Å². The van der Waals surface area contributed by atoms with Gasteiger partial charge in [-0.2, -0.15) is 4.31 Å². The summed E-state index contributed by atoms with van der Waals surface area (Å²) in [4.78, 5) is 12.0. The molecule has 0 radical (unpaired) electrons. The van der Waals surface area contributed by atoms with Crippen molar-refractivity contribution in [2.75, 3.05) is 25.5 Å². The summed E-state index contributed by atoms with van der Waals surface area (Å²) in [5.41, 5.74) is 0.564. The summed E-state index contributed by atoms with van der Waals surface area (Å²) in [5, 5.41) is 11.4. The minimum Gasteiger partial charge on any atom is -0.497 e. The van der Waals surface area contributed by atoms with E-state index in [9.17, 15) is 22.0 Å². The number of ether oxygens (including phenoxy) is 1. The van der Waals surface area contributed by atoms with Crippen LogP contribution in [-0.4, -0.2) is 49.0 Å². The number of rotatable bonds is 6. The van der Waals surface area contributed by atoms with Gasteiger partial charge in [-0.05, 0) is 49.2 Å². The average molecular weight is 495 g/mol. The Morgan fingerprint density at radius 3 is 2.64 bits per heavy atom. The van der Waals surface area contributed by atoms with Gasteiger partial charge in [0.25, 0.3) is 5.91 Å². The first kappa shape index (κ1) is 23.2. The van der Waals surface area contributed by atoms with Crippen LogP contribution < -0.4 is 10.1 Å². The molecule has 8 nitrogen and oxygen atoms in total. The van der Waals surface area contributed by atoms with E-state index in [1.807, 2.05) is 0 Å². The summed E-state index contributed by atoms with van der Waals surface area (Å²) in [6.07, 6.45) is 1.17. The maximum Gasteiger partial charge on any atom is 0.286 e. The van der Waals surface area contributed by atoms with Crippen LogP contribution in [0.4, 0.5) is 14.5 Å². The first-order chi connectivity index (χ1) is 15.8. The van der Waals surface area contributed by atoms with Crippen LogP contribution in [0.25, 0.3) is 0 Å². The molecule has 1 aromatic heterocycles. The Balaban J connectivity index is 1.47. The average Bonchev–Trinajstić information content (AvgIpc) is 3.30. The summed E-state index contributed by atoms with van der Waals surface area (Å²) in [6.45, 7) is 0.271. The third-order valence-corrected chi connectivity index (χ3v) is 8.21. The van der Waals surface area contributed by atoms with Crippen molar-refractivity contribution in [3.8, 4) is 5.75 Å². The number of amides is 1. The van der Waals surface area contributed by atoms with Gasteiger partial charge < -0.3 is 10.1 Å². The Bertz CT molecular complexity index is 1270. The number of anilines is 1. The molecule has 12 heteroatoms. The molecule has 2 aromatic carbocycles. The van der Waals surface area contributed by atoms with Gasteiger partial charge >= 0.3 is 0 Å². The molecule has 0 saturated carbocycles. The maximum atomic E-state index is 14.1. The van der Waals surface area contributed by atoms with E-state index in [1.165, 1.54) is 0 Å². The minimum absolute atomic E-state index is 0.0634. The molecule has 0 aliphatic carbocycles. The van der Waals surface area contributed by atoms with Crippen molar-refractivity contribution in [2.45, 2.75) is 23.7 Å². The van der Waals surface area contributed by atoms with Gasteiger partial charge in [0.1, 0.15) is 27.3 Å². The Morgan fingerprint density at radius 2 is 1.94 bits per heavy atom. The third kappa shape index (κ3) is 5.02. The summed E-state index contributed by atoms with van der Waals surface area (Å²) >= 11 is 1.08. The summed E-state index contributed by atoms with van der Waals surface area (Å²) in [7, 11) is -2.60. The number of halogens is 2. The fraction of sp³-hybridized carbons (Fsp3) is 0.286. The van der Waals surface area contributed by atoms with Gasteiger partial charge in [-0.1, -0.05) is 11.3 Å². The fourth-order valence-corrected chi connectivity index (χ4v) is 5.97. The normalized spacial score (nSPS) is 17.0. The van der Waals surface area contributed by atoms with Crippen molar-refractivity contribution in [2.24, 2.45) is 0 Å². The van der Waals surface area contributed by atoms with Crippen molar-refractivity contribution in [3.63, 3.8) is 0 Å². The van der Waals surface area contributed by atoms with Crippen molar-refractivity contribution >= 4 is 33.0 Å². The molecule has 1 amide bonds. The second-order valence-corrected chi connectivity index (χ2v) is 10.3. The molecule has 33 heavy (non-hydrogen) atoms. The highest BCUT2D eigenvalue weighted by Gasteiger charge is 2.34. The van der Waals surface area contributed by atoms with Gasteiger partial charge in [0.05, 0.1) is 7.11 Å². The largest absolute Gasteiger partial charge is 0.497 e. The first-order valence-corrected chi connectivity index (χ1v) is 12.3. The van der Waals surface area contributed by atoms with E-state index in [0.717, 1.165) is 27.8 Å². The molecule has 1 atom stereocenters. The first-order valence-electron chi connectivity index (χ1n) is 10.0. The van der Waals surface area contributed by atoms with Gasteiger partial charge in [0.2, 0.25) is 15.0 Å². The van der Waals surface area contributed by atoms with Crippen molar-refractivity contribution in [1.29, 1.82) is 0 Å². The lowest BCUT2D eigenvalue weighted by Gasteiger charge is -2.30. The van der Waals surface area contributed by atoms with Crippen LogP contribution in [0.5, 0.6) is 5.75 Å². The van der Waals surface area contributed by atoms with Gasteiger partial charge in [-0.15, -0.1) is 10.2 Å². The van der Waals surface area contributed by atoms with Crippen LogP contribution in [0.1, 0.15) is 33.6 Å². The minimum atomic E-state index is -4.15. The summed E-state index contributed by atoms with van der Waals surface area (Å²) < 4.78 is 59.4. The van der Waals surface area contributed by atoms with E-state index in [1.54, 1.807) is 31.4 Å². The highest BCUT2D eigenvalue weighted by Crippen LogP contribution is 2.32. The molecule has 0 bridgehead atoms. The quantitative estimate of drug-likeness (QED) is 0.562. The zero-order valence-electron chi connectivity index (χ0n) is 17.5. The molecule has 1 N–H and O–H groups in total. The molecule has 1 aliphatic rings. The summed E-state index contributed by atoms with van der Waals surface area (Å²) in [5.74, 6) is -2.05. The van der Waals surface area contributed by atoms with E-state index in [0.29, 0.717) is 35.4 Å². The Kier molecular flexibility index (Phi) is 6.68. The Hall–Kier alpha value is -2.96. The molecule has 1 aliphatic heterocycles. The second kappa shape index (κ2) is 9.49. The number of methoxy groups -OCH3 is 1. The number of piperidine rings is 1. The van der Waals surface area contributed by atoms with E-state index >= 15 is 0 Å². The highest BCUT2D eigenvalue weighted by atomic mass is 32.2. The van der Waals surface area contributed by atoms with E-state index in [-0.39, 0.29) is 24.0 Å². The lowest BCUT2D eigenvalue weighted by Crippen LogP contribution is -2.39. The van der Waals surface area contributed by atoms with Crippen LogP contribution in [0, 0.1) is 11.6 Å². The van der Waals surface area contributed by atoms with Crippen LogP contribution in [0.15, 0.2) is 47.4 Å². The predicted molar refractivity (Wildman–Crippen MR) is 118 cm³/mol. The van der Waals surface area contributed by atoms with Crippen LogP contribution in [0.2, 0.25) is 0 Å². The predicted octanol–water partition coefficient (Wildman–Crippen LogP) is 3.65. The molecule has 0 spiro atoms. The van der Waals surface area contributed by atoms with Gasteiger partial charge in [-0.3, -0.25) is 4.79 Å². The molecule has 1 fully saturated rings. The zero-order valence-corrected chi connectivity index (χ0v) is 19.1. The van der Waals surface area contributed by atoms with Gasteiger partial charge in [0.15, 0.2) is 0 Å². The summed E-state index contributed by atoms with van der Waals surface area (Å²) in [6, 6.07) is 9.19. The Labute approximate surface area is 193 Å². The fourth-order valence-electron chi connectivity index (χ4n) is 3.54. The number of carbonyl (C=O) groups excluding carboxylic acids is 1. The smallest absolute Gasteiger partial charge is 0.286 e. The lowest BCUT2D eigenvalue weighted by atomic mass is 10.0. The molecule has 174 valence electrons. The Morgan fingerprint density at radius 1 is 1.18 bits per heavy atom. The monoisotopic (exact) mass is 494 g/mol. The topological polar surface area (TPSA) is 101 Å². The van der Waals surface area contributed by atoms with Gasteiger partial charge in [-0.25, -0.2) is 17.2 Å². The molecule has 4 rings (SSSR count). The number of nitrogens with one attached hydrogen (secondary N) is 1. The number of aromatic nitrogens is 2. The third-order valence-electron chi connectivity index (χ3n) is 5.23. The number of nitrogens with zero attached hydrogens (tertiary/aromatic N) is 3. The molecule has 1 saturated heterocycles. The van der Waals surface area contributed by atoms with Crippen molar-refractivity contribution in [3.05, 3.63) is 64.1 Å². The van der Waals surface area contributed by atoms with E-state index in [4.69, 9.17) is 4.74 Å². The lowest BCUT2D eigenvalue weighted by molar-refractivity contribution is 0.102. The number of hydrogen-bond acceptors (Lipinski definition) is 7.